The molecule has 2 atom stereocenters. The van der Waals surface area contributed by atoms with Crippen molar-refractivity contribution in [1.29, 1.82) is 0 Å². The summed E-state index contributed by atoms with van der Waals surface area (Å²) in [6.45, 7) is 8.69. The van der Waals surface area contributed by atoms with Crippen LogP contribution in [0.25, 0.3) is 0 Å². The van der Waals surface area contributed by atoms with Crippen LogP contribution in [-0.2, 0) is 4.79 Å². The van der Waals surface area contributed by atoms with Crippen molar-refractivity contribution < 1.29 is 9.90 Å². The first kappa shape index (κ1) is 18.7. The lowest BCUT2D eigenvalue weighted by atomic mass is 9.95. The van der Waals surface area contributed by atoms with Crippen LogP contribution < -0.4 is 5.32 Å². The number of amides is 1. The van der Waals surface area contributed by atoms with Gasteiger partial charge in [-0.05, 0) is 26.2 Å². The summed E-state index contributed by atoms with van der Waals surface area (Å²) in [6, 6.07) is 0.919. The van der Waals surface area contributed by atoms with E-state index in [1.165, 1.54) is 19.3 Å². The minimum Gasteiger partial charge on any atom is -0.392 e. The fourth-order valence-corrected chi connectivity index (χ4v) is 3.93. The molecular weight excluding hydrogens is 290 g/mol. The number of carbonyl (C=O) groups is 1. The quantitative estimate of drug-likeness (QED) is 0.746. The largest absolute Gasteiger partial charge is 0.392 e. The van der Waals surface area contributed by atoms with E-state index >= 15 is 0 Å². The zero-order valence-electron chi connectivity index (χ0n) is 15.0. The molecule has 1 heterocycles. The van der Waals surface area contributed by atoms with E-state index in [9.17, 15) is 9.90 Å². The van der Waals surface area contributed by atoms with Gasteiger partial charge < -0.3 is 10.4 Å². The zero-order valence-corrected chi connectivity index (χ0v) is 15.0. The first-order valence-corrected chi connectivity index (χ1v) is 9.52. The molecule has 0 aromatic heterocycles. The molecule has 1 saturated carbocycles. The number of aliphatic hydroxyl groups excluding tert-OH is 1. The molecule has 5 heteroatoms. The van der Waals surface area contributed by atoms with Gasteiger partial charge in [-0.3, -0.25) is 14.6 Å². The standard InChI is InChI=1S/C18H35N3O2/c1-3-17-14-20(11-12-21(17)13-15(2)22)10-9-18(23)19-16-7-5-4-6-8-16/h15-17,22H,3-14H2,1-2H3,(H,19,23)/t15-,17-/m0/s1. The maximum absolute atomic E-state index is 12.1. The number of hydrogen-bond donors (Lipinski definition) is 2. The van der Waals surface area contributed by atoms with Crippen molar-refractivity contribution in [1.82, 2.24) is 15.1 Å². The lowest BCUT2D eigenvalue weighted by Gasteiger charge is -2.41. The highest BCUT2D eigenvalue weighted by Crippen LogP contribution is 2.17. The summed E-state index contributed by atoms with van der Waals surface area (Å²) in [5, 5.41) is 12.8. The van der Waals surface area contributed by atoms with Gasteiger partial charge in [-0.15, -0.1) is 0 Å². The summed E-state index contributed by atoms with van der Waals surface area (Å²) in [5.41, 5.74) is 0. The normalized spacial score (nSPS) is 26.1. The summed E-state index contributed by atoms with van der Waals surface area (Å²) in [5.74, 6) is 0.219. The minimum absolute atomic E-state index is 0.219. The number of aliphatic hydroxyl groups is 1. The van der Waals surface area contributed by atoms with Crippen molar-refractivity contribution in [3.8, 4) is 0 Å². The molecule has 1 aliphatic heterocycles. The summed E-state index contributed by atoms with van der Waals surface area (Å²) >= 11 is 0. The minimum atomic E-state index is -0.267. The highest BCUT2D eigenvalue weighted by molar-refractivity contribution is 5.76. The number of hydrogen-bond acceptors (Lipinski definition) is 4. The van der Waals surface area contributed by atoms with Crippen LogP contribution >= 0.6 is 0 Å². The second-order valence-corrected chi connectivity index (χ2v) is 7.36. The van der Waals surface area contributed by atoms with Gasteiger partial charge in [0.2, 0.25) is 5.91 Å². The van der Waals surface area contributed by atoms with Gasteiger partial charge in [0.15, 0.2) is 0 Å². The maximum Gasteiger partial charge on any atom is 0.221 e. The van der Waals surface area contributed by atoms with Crippen molar-refractivity contribution >= 4 is 5.91 Å². The zero-order chi connectivity index (χ0) is 16.7. The van der Waals surface area contributed by atoms with Crippen LogP contribution in [0.3, 0.4) is 0 Å². The Morgan fingerprint density at radius 2 is 2.00 bits per heavy atom. The van der Waals surface area contributed by atoms with Gasteiger partial charge in [0.05, 0.1) is 6.10 Å². The third kappa shape index (κ3) is 6.40. The number of nitrogens with one attached hydrogen (secondary N) is 1. The maximum atomic E-state index is 12.1. The molecule has 2 fully saturated rings. The lowest BCUT2D eigenvalue weighted by Crippen LogP contribution is -2.54. The number of piperazine rings is 1. The van der Waals surface area contributed by atoms with Crippen LogP contribution in [-0.4, -0.2) is 71.7 Å². The Morgan fingerprint density at radius 3 is 2.65 bits per heavy atom. The second kappa shape index (κ2) is 9.60. The van der Waals surface area contributed by atoms with E-state index < -0.39 is 0 Å². The Kier molecular flexibility index (Phi) is 7.80. The van der Waals surface area contributed by atoms with Crippen molar-refractivity contribution in [2.45, 2.75) is 77.0 Å². The number of rotatable bonds is 7. The molecule has 1 aliphatic carbocycles. The Bertz CT molecular complexity index is 356. The molecule has 0 bridgehead atoms. The summed E-state index contributed by atoms with van der Waals surface area (Å²) in [4.78, 5) is 16.9. The molecule has 2 aliphatic rings. The van der Waals surface area contributed by atoms with E-state index in [1.54, 1.807) is 0 Å². The fraction of sp³-hybridized carbons (Fsp3) is 0.944. The molecule has 23 heavy (non-hydrogen) atoms. The van der Waals surface area contributed by atoms with Gasteiger partial charge >= 0.3 is 0 Å². The smallest absolute Gasteiger partial charge is 0.221 e. The molecule has 2 N–H and O–H groups in total. The third-order valence-electron chi connectivity index (χ3n) is 5.28. The van der Waals surface area contributed by atoms with Gasteiger partial charge in [-0.25, -0.2) is 0 Å². The molecule has 2 rings (SSSR count). The van der Waals surface area contributed by atoms with Crippen LogP contribution in [0, 0.1) is 0 Å². The Morgan fingerprint density at radius 1 is 1.26 bits per heavy atom. The molecule has 0 unspecified atom stereocenters. The predicted octanol–water partition coefficient (Wildman–Crippen LogP) is 1.60. The van der Waals surface area contributed by atoms with Gasteiger partial charge in [0.1, 0.15) is 0 Å². The molecule has 1 amide bonds. The van der Waals surface area contributed by atoms with Crippen molar-refractivity contribution in [2.75, 3.05) is 32.7 Å². The number of nitrogens with zero attached hydrogens (tertiary/aromatic N) is 2. The van der Waals surface area contributed by atoms with Gasteiger partial charge in [0, 0.05) is 51.2 Å². The number of β-amino-alcohol motifs (C(OH)–C–C–N with tert-alkyl or cyclic N) is 1. The predicted molar refractivity (Wildman–Crippen MR) is 93.4 cm³/mol. The SMILES string of the molecule is CC[C@H]1CN(CCC(=O)NC2CCCCC2)CCN1C[C@H](C)O. The van der Waals surface area contributed by atoms with E-state index in [-0.39, 0.29) is 12.0 Å². The molecule has 0 spiro atoms. The Hall–Kier alpha value is -0.650. The van der Waals surface area contributed by atoms with Crippen molar-refractivity contribution in [2.24, 2.45) is 0 Å². The van der Waals surface area contributed by atoms with Crippen LogP contribution in [0.2, 0.25) is 0 Å². The average Bonchev–Trinajstić information content (AvgIpc) is 2.54. The van der Waals surface area contributed by atoms with E-state index in [2.05, 4.69) is 22.0 Å². The molecule has 0 radical (unpaired) electrons. The van der Waals surface area contributed by atoms with Crippen LogP contribution in [0.15, 0.2) is 0 Å². The Labute approximate surface area is 141 Å². The summed E-state index contributed by atoms with van der Waals surface area (Å²) < 4.78 is 0. The van der Waals surface area contributed by atoms with E-state index in [1.807, 2.05) is 6.92 Å². The highest BCUT2D eigenvalue weighted by Gasteiger charge is 2.26. The average molecular weight is 325 g/mol. The van der Waals surface area contributed by atoms with Gasteiger partial charge in [-0.2, -0.15) is 0 Å². The topological polar surface area (TPSA) is 55.8 Å². The molecule has 134 valence electrons. The second-order valence-electron chi connectivity index (χ2n) is 7.36. The lowest BCUT2D eigenvalue weighted by molar-refractivity contribution is -0.122. The van der Waals surface area contributed by atoms with E-state index in [0.717, 1.165) is 52.0 Å². The fourth-order valence-electron chi connectivity index (χ4n) is 3.93. The molecule has 5 nitrogen and oxygen atoms in total. The van der Waals surface area contributed by atoms with Crippen LogP contribution in [0.5, 0.6) is 0 Å². The summed E-state index contributed by atoms with van der Waals surface area (Å²) in [7, 11) is 0. The third-order valence-corrected chi connectivity index (χ3v) is 5.28. The van der Waals surface area contributed by atoms with Crippen molar-refractivity contribution in [3.63, 3.8) is 0 Å². The first-order valence-electron chi connectivity index (χ1n) is 9.52. The molecular formula is C18H35N3O2. The molecule has 1 saturated heterocycles. The van der Waals surface area contributed by atoms with E-state index in [4.69, 9.17) is 0 Å². The van der Waals surface area contributed by atoms with Crippen molar-refractivity contribution in [3.05, 3.63) is 0 Å². The van der Waals surface area contributed by atoms with Gasteiger partial charge in [-0.1, -0.05) is 26.2 Å². The molecule has 0 aromatic carbocycles. The Balaban J connectivity index is 1.68. The van der Waals surface area contributed by atoms with E-state index in [0.29, 0.717) is 18.5 Å². The van der Waals surface area contributed by atoms with Gasteiger partial charge in [0.25, 0.3) is 0 Å². The highest BCUT2D eigenvalue weighted by atomic mass is 16.3. The first-order chi connectivity index (χ1) is 11.1. The monoisotopic (exact) mass is 325 g/mol. The summed E-state index contributed by atoms with van der Waals surface area (Å²) in [6.07, 6.45) is 7.59. The van der Waals surface area contributed by atoms with Crippen LogP contribution in [0.1, 0.15) is 58.8 Å². The number of carbonyl (C=O) groups excluding carboxylic acids is 1. The molecule has 0 aromatic rings. The van der Waals surface area contributed by atoms with Crippen LogP contribution in [0.4, 0.5) is 0 Å².